The highest BCUT2D eigenvalue weighted by molar-refractivity contribution is 6.32. The molecule has 0 spiro atoms. The van der Waals surface area contributed by atoms with Crippen molar-refractivity contribution in [2.45, 2.75) is 6.92 Å². The number of hydrogen-bond donors (Lipinski definition) is 2. The Labute approximate surface area is 106 Å². The summed E-state index contributed by atoms with van der Waals surface area (Å²) in [6, 6.07) is 3.35. The summed E-state index contributed by atoms with van der Waals surface area (Å²) >= 11 is 5.97. The first-order valence-corrected chi connectivity index (χ1v) is 5.67. The van der Waals surface area contributed by atoms with Crippen molar-refractivity contribution in [1.29, 1.82) is 0 Å². The lowest BCUT2D eigenvalue weighted by Gasteiger charge is -2.09. The molecule has 0 fully saturated rings. The lowest BCUT2D eigenvalue weighted by molar-refractivity contribution is 0.0989. The Balaban J connectivity index is 2.83. The Morgan fingerprint density at radius 1 is 1.53 bits per heavy atom. The molecule has 0 radical (unpaired) electrons. The second-order valence-electron chi connectivity index (χ2n) is 3.63. The Bertz CT molecular complexity index is 407. The molecule has 0 aromatic heterocycles. The first-order chi connectivity index (χ1) is 8.10. The molecule has 0 unspecified atom stereocenters. The van der Waals surface area contributed by atoms with E-state index in [1.54, 1.807) is 12.1 Å². The van der Waals surface area contributed by atoms with Gasteiger partial charge >= 0.3 is 0 Å². The van der Waals surface area contributed by atoms with Gasteiger partial charge in [-0.2, -0.15) is 0 Å². The summed E-state index contributed by atoms with van der Waals surface area (Å²) in [6.45, 7) is 2.42. The van der Waals surface area contributed by atoms with Crippen LogP contribution in [-0.2, 0) is 0 Å². The van der Waals surface area contributed by atoms with Crippen LogP contribution in [0.25, 0.3) is 0 Å². The van der Waals surface area contributed by atoms with Crippen LogP contribution in [0, 0.1) is 6.92 Å². The van der Waals surface area contributed by atoms with E-state index in [1.165, 1.54) is 7.11 Å². The van der Waals surface area contributed by atoms with E-state index in [2.05, 4.69) is 5.32 Å². The van der Waals surface area contributed by atoms with Crippen molar-refractivity contribution < 1.29 is 14.6 Å². The number of carbonyl (C=O) groups excluding carboxylic acids is 1. The third kappa shape index (κ3) is 3.70. The van der Waals surface area contributed by atoms with Crippen molar-refractivity contribution in [1.82, 2.24) is 5.32 Å². The quantitative estimate of drug-likeness (QED) is 0.598. The van der Waals surface area contributed by atoms with Crippen LogP contribution in [0.1, 0.15) is 15.9 Å². The van der Waals surface area contributed by atoms with E-state index in [-0.39, 0.29) is 18.9 Å². The van der Waals surface area contributed by atoms with Gasteiger partial charge in [-0.15, -0.1) is 0 Å². The Morgan fingerprint density at radius 3 is 2.82 bits per heavy atom. The molecule has 2 N–H and O–H groups in total. The number of halogens is 1. The summed E-state index contributed by atoms with van der Waals surface area (Å²) in [5, 5.41) is 11.9. The van der Waals surface area contributed by atoms with E-state index < -0.39 is 0 Å². The second-order valence-corrected chi connectivity index (χ2v) is 4.03. The molecule has 0 aliphatic rings. The standard InChI is InChI=1S/C12H16ClNO3/c1-8-5-12(17-2)10(13)6-9(8)11(16)7-14-3-4-15/h5-6,14-15H,3-4,7H2,1-2H3. The normalized spacial score (nSPS) is 10.4. The third-order valence-corrected chi connectivity index (χ3v) is 2.67. The number of ether oxygens (including phenoxy) is 1. The second kappa shape index (κ2) is 6.59. The lowest BCUT2D eigenvalue weighted by atomic mass is 10.0. The minimum atomic E-state index is -0.0551. The molecule has 0 saturated heterocycles. The number of aliphatic hydroxyl groups is 1. The molecule has 0 saturated carbocycles. The zero-order valence-corrected chi connectivity index (χ0v) is 10.7. The van der Waals surface area contributed by atoms with E-state index in [0.717, 1.165) is 5.56 Å². The number of Topliss-reactive ketones (excluding diaryl/α,β-unsaturated/α-hetero) is 1. The number of methoxy groups -OCH3 is 1. The summed E-state index contributed by atoms with van der Waals surface area (Å²) in [7, 11) is 1.53. The fourth-order valence-corrected chi connectivity index (χ4v) is 1.73. The van der Waals surface area contributed by atoms with Crippen LogP contribution in [0.2, 0.25) is 5.02 Å². The summed E-state index contributed by atoms with van der Waals surface area (Å²) < 4.78 is 5.07. The summed E-state index contributed by atoms with van der Waals surface area (Å²) in [5.41, 5.74) is 1.39. The number of aryl methyl sites for hydroxylation is 1. The number of carbonyl (C=O) groups is 1. The SMILES string of the molecule is COc1cc(C)c(C(=O)CNCCO)cc1Cl. The highest BCUT2D eigenvalue weighted by atomic mass is 35.5. The zero-order chi connectivity index (χ0) is 12.8. The van der Waals surface area contributed by atoms with Gasteiger partial charge < -0.3 is 15.2 Å². The lowest BCUT2D eigenvalue weighted by Crippen LogP contribution is -2.26. The van der Waals surface area contributed by atoms with Crippen molar-refractivity contribution in [3.05, 3.63) is 28.3 Å². The maximum Gasteiger partial charge on any atom is 0.176 e. The fourth-order valence-electron chi connectivity index (χ4n) is 1.49. The molecular weight excluding hydrogens is 242 g/mol. The molecule has 0 amide bonds. The molecule has 0 aliphatic carbocycles. The molecule has 4 nitrogen and oxygen atoms in total. The van der Waals surface area contributed by atoms with Gasteiger partial charge in [0, 0.05) is 12.1 Å². The minimum absolute atomic E-state index is 0.00955. The van der Waals surface area contributed by atoms with Gasteiger partial charge in [-0.05, 0) is 24.6 Å². The number of rotatable bonds is 6. The van der Waals surface area contributed by atoms with Gasteiger partial charge in [0.25, 0.3) is 0 Å². The van der Waals surface area contributed by atoms with Gasteiger partial charge in [0.15, 0.2) is 5.78 Å². The van der Waals surface area contributed by atoms with Gasteiger partial charge in [0.2, 0.25) is 0 Å². The Hall–Kier alpha value is -1.10. The molecule has 17 heavy (non-hydrogen) atoms. The van der Waals surface area contributed by atoms with E-state index in [1.807, 2.05) is 6.92 Å². The van der Waals surface area contributed by atoms with Crippen LogP contribution in [0.5, 0.6) is 5.75 Å². The Morgan fingerprint density at radius 2 is 2.24 bits per heavy atom. The van der Waals surface area contributed by atoms with Crippen LogP contribution < -0.4 is 10.1 Å². The molecule has 0 heterocycles. The molecule has 1 aromatic rings. The first kappa shape index (κ1) is 14.0. The largest absolute Gasteiger partial charge is 0.495 e. The highest BCUT2D eigenvalue weighted by Crippen LogP contribution is 2.27. The number of aliphatic hydroxyl groups excluding tert-OH is 1. The molecule has 1 aromatic carbocycles. The van der Waals surface area contributed by atoms with Gasteiger partial charge in [0.1, 0.15) is 5.75 Å². The number of ketones is 1. The predicted molar refractivity (Wildman–Crippen MR) is 67.0 cm³/mol. The molecule has 0 aliphatic heterocycles. The minimum Gasteiger partial charge on any atom is -0.495 e. The predicted octanol–water partition coefficient (Wildman–Crippen LogP) is 1.42. The first-order valence-electron chi connectivity index (χ1n) is 5.29. The van der Waals surface area contributed by atoms with E-state index in [0.29, 0.717) is 22.9 Å². The van der Waals surface area contributed by atoms with Gasteiger partial charge in [0.05, 0.1) is 25.3 Å². The summed E-state index contributed by atoms with van der Waals surface area (Å²) in [6.07, 6.45) is 0. The maximum atomic E-state index is 11.8. The van der Waals surface area contributed by atoms with Crippen LogP contribution in [0.4, 0.5) is 0 Å². The molecule has 1 rings (SSSR count). The van der Waals surface area contributed by atoms with Crippen molar-refractivity contribution in [3.8, 4) is 5.75 Å². The zero-order valence-electron chi connectivity index (χ0n) is 9.92. The monoisotopic (exact) mass is 257 g/mol. The number of hydrogen-bond acceptors (Lipinski definition) is 4. The van der Waals surface area contributed by atoms with Crippen LogP contribution in [-0.4, -0.2) is 37.7 Å². The molecule has 0 bridgehead atoms. The van der Waals surface area contributed by atoms with Gasteiger partial charge in [-0.1, -0.05) is 11.6 Å². The number of benzene rings is 1. The average molecular weight is 258 g/mol. The van der Waals surface area contributed by atoms with Crippen LogP contribution in [0.15, 0.2) is 12.1 Å². The third-order valence-electron chi connectivity index (χ3n) is 2.37. The maximum absolute atomic E-state index is 11.8. The highest BCUT2D eigenvalue weighted by Gasteiger charge is 2.12. The van der Waals surface area contributed by atoms with Crippen molar-refractivity contribution >= 4 is 17.4 Å². The Kier molecular flexibility index (Phi) is 5.41. The van der Waals surface area contributed by atoms with Gasteiger partial charge in [-0.25, -0.2) is 0 Å². The summed E-state index contributed by atoms with van der Waals surface area (Å²) in [5.74, 6) is 0.504. The molecule has 5 heteroatoms. The van der Waals surface area contributed by atoms with Crippen molar-refractivity contribution in [2.24, 2.45) is 0 Å². The van der Waals surface area contributed by atoms with E-state index >= 15 is 0 Å². The smallest absolute Gasteiger partial charge is 0.176 e. The van der Waals surface area contributed by atoms with Crippen molar-refractivity contribution in [3.63, 3.8) is 0 Å². The van der Waals surface area contributed by atoms with Crippen molar-refractivity contribution in [2.75, 3.05) is 26.8 Å². The van der Waals surface area contributed by atoms with E-state index in [9.17, 15) is 4.79 Å². The topological polar surface area (TPSA) is 58.6 Å². The average Bonchev–Trinajstić information content (AvgIpc) is 2.31. The van der Waals surface area contributed by atoms with Crippen LogP contribution >= 0.6 is 11.6 Å². The molecule has 94 valence electrons. The molecular formula is C12H16ClNO3. The fraction of sp³-hybridized carbons (Fsp3) is 0.417. The van der Waals surface area contributed by atoms with E-state index in [4.69, 9.17) is 21.4 Å². The number of nitrogens with one attached hydrogen (secondary N) is 1. The van der Waals surface area contributed by atoms with Crippen LogP contribution in [0.3, 0.4) is 0 Å². The summed E-state index contributed by atoms with van der Waals surface area (Å²) in [4.78, 5) is 11.8. The van der Waals surface area contributed by atoms with Gasteiger partial charge in [-0.3, -0.25) is 4.79 Å². The molecule has 0 atom stereocenters.